The molecule has 0 saturated carbocycles. The van der Waals surface area contributed by atoms with E-state index in [1.165, 1.54) is 0 Å². The maximum atomic E-state index is 12.4. The van der Waals surface area contributed by atoms with Gasteiger partial charge in [-0.25, -0.2) is 0 Å². The molecule has 28 heavy (non-hydrogen) atoms. The highest BCUT2D eigenvalue weighted by Crippen LogP contribution is 2.29. The first-order valence-electron chi connectivity index (χ1n) is 8.48. The summed E-state index contributed by atoms with van der Waals surface area (Å²) < 4.78 is 6.41. The van der Waals surface area contributed by atoms with Gasteiger partial charge in [0.25, 0.3) is 11.8 Å². The number of fused-ring (bicyclic) bond motifs is 1. The standard InChI is InChI=1S/C21H15IN2O4/c22-18-6-4-14(25)8-13(18)10-23-11-17-16-9-12(19-2-1-7-28-19)3-5-15(16)20(26)24-21(17)27/h1-9,11,23,25H,10H2,(H,24,26,27)/b17-11+. The largest absolute Gasteiger partial charge is 0.508 e. The van der Waals surface area contributed by atoms with Gasteiger partial charge in [-0.2, -0.15) is 0 Å². The molecule has 7 heteroatoms. The van der Waals surface area contributed by atoms with E-state index in [0.29, 0.717) is 29.0 Å². The number of nitrogens with one attached hydrogen (secondary N) is 2. The van der Waals surface area contributed by atoms with Crippen molar-refractivity contribution in [3.8, 4) is 17.1 Å². The molecular weight excluding hydrogens is 471 g/mol. The summed E-state index contributed by atoms with van der Waals surface area (Å²) in [6.07, 6.45) is 3.16. The number of furan rings is 1. The molecule has 1 aliphatic heterocycles. The van der Waals surface area contributed by atoms with Gasteiger partial charge in [-0.05, 0) is 70.6 Å². The molecule has 140 valence electrons. The highest BCUT2D eigenvalue weighted by atomic mass is 127. The number of aromatic hydroxyl groups is 1. The van der Waals surface area contributed by atoms with Crippen LogP contribution in [0, 0.1) is 3.57 Å². The highest BCUT2D eigenvalue weighted by molar-refractivity contribution is 14.1. The Labute approximate surface area is 174 Å². The van der Waals surface area contributed by atoms with Crippen LogP contribution in [0.4, 0.5) is 0 Å². The molecular formula is C21H15IN2O4. The summed E-state index contributed by atoms with van der Waals surface area (Å²) in [6.45, 7) is 0.421. The van der Waals surface area contributed by atoms with Crippen LogP contribution in [-0.2, 0) is 11.3 Å². The van der Waals surface area contributed by atoms with E-state index in [2.05, 4.69) is 33.2 Å². The molecule has 0 spiro atoms. The first kappa shape index (κ1) is 18.3. The van der Waals surface area contributed by atoms with E-state index in [0.717, 1.165) is 14.7 Å². The molecule has 3 aromatic rings. The molecule has 0 saturated heterocycles. The van der Waals surface area contributed by atoms with Gasteiger partial charge in [-0.1, -0.05) is 6.07 Å². The van der Waals surface area contributed by atoms with E-state index in [-0.39, 0.29) is 5.75 Å². The van der Waals surface area contributed by atoms with Crippen LogP contribution in [-0.4, -0.2) is 16.9 Å². The summed E-state index contributed by atoms with van der Waals surface area (Å²) in [5.74, 6) is -0.0555. The number of amides is 2. The number of benzene rings is 2. The number of carbonyl (C=O) groups excluding carboxylic acids is 2. The lowest BCUT2D eigenvalue weighted by molar-refractivity contribution is -0.114. The van der Waals surface area contributed by atoms with Crippen LogP contribution in [0.3, 0.4) is 0 Å². The van der Waals surface area contributed by atoms with Crippen LogP contribution >= 0.6 is 22.6 Å². The second-order valence-electron chi connectivity index (χ2n) is 6.24. The molecule has 0 bridgehead atoms. The van der Waals surface area contributed by atoms with Crippen LogP contribution < -0.4 is 10.6 Å². The Kier molecular flexibility index (Phi) is 4.91. The third-order valence-electron chi connectivity index (χ3n) is 4.40. The second-order valence-corrected chi connectivity index (χ2v) is 7.40. The molecule has 1 aliphatic rings. The van der Waals surface area contributed by atoms with Crippen molar-refractivity contribution in [1.29, 1.82) is 0 Å². The fourth-order valence-corrected chi connectivity index (χ4v) is 3.55. The summed E-state index contributed by atoms with van der Waals surface area (Å²) in [6, 6.07) is 13.9. The van der Waals surface area contributed by atoms with Crippen molar-refractivity contribution >= 4 is 40.0 Å². The molecule has 0 aliphatic carbocycles. The SMILES string of the molecule is O=C1NC(=O)c2ccc(-c3ccco3)cc2/C1=C\NCc1cc(O)ccc1I. The molecule has 3 N–H and O–H groups in total. The van der Waals surface area contributed by atoms with Gasteiger partial charge in [-0.3, -0.25) is 14.9 Å². The molecule has 2 amide bonds. The van der Waals surface area contributed by atoms with Crippen molar-refractivity contribution in [2.45, 2.75) is 6.54 Å². The Morgan fingerprint density at radius 3 is 2.71 bits per heavy atom. The van der Waals surface area contributed by atoms with Gasteiger partial charge in [0.05, 0.1) is 11.8 Å². The summed E-state index contributed by atoms with van der Waals surface area (Å²) >= 11 is 2.18. The monoisotopic (exact) mass is 486 g/mol. The number of phenols is 1. The number of halogens is 1. The third kappa shape index (κ3) is 3.53. The fourth-order valence-electron chi connectivity index (χ4n) is 3.02. The predicted octanol–water partition coefficient (Wildman–Crippen LogP) is 3.66. The van der Waals surface area contributed by atoms with Crippen LogP contribution in [0.15, 0.2) is 65.4 Å². The molecule has 0 fully saturated rings. The van der Waals surface area contributed by atoms with Crippen LogP contribution in [0.5, 0.6) is 5.75 Å². The molecule has 2 aromatic carbocycles. The van der Waals surface area contributed by atoms with Crippen LogP contribution in [0.1, 0.15) is 21.5 Å². The number of imide groups is 1. The minimum absolute atomic E-state index is 0.180. The minimum Gasteiger partial charge on any atom is -0.508 e. The molecule has 0 unspecified atom stereocenters. The zero-order valence-electron chi connectivity index (χ0n) is 14.5. The molecule has 4 rings (SSSR count). The summed E-state index contributed by atoms with van der Waals surface area (Å²) in [7, 11) is 0. The fraction of sp³-hybridized carbons (Fsp3) is 0.0476. The highest BCUT2D eigenvalue weighted by Gasteiger charge is 2.27. The lowest BCUT2D eigenvalue weighted by Crippen LogP contribution is -2.37. The van der Waals surface area contributed by atoms with Crippen LogP contribution in [0.25, 0.3) is 16.9 Å². The predicted molar refractivity (Wildman–Crippen MR) is 112 cm³/mol. The minimum atomic E-state index is -0.466. The van der Waals surface area contributed by atoms with E-state index in [1.807, 2.05) is 12.1 Å². The van der Waals surface area contributed by atoms with E-state index in [9.17, 15) is 14.7 Å². The maximum Gasteiger partial charge on any atom is 0.260 e. The van der Waals surface area contributed by atoms with E-state index >= 15 is 0 Å². The molecule has 0 radical (unpaired) electrons. The van der Waals surface area contributed by atoms with Crippen molar-refractivity contribution < 1.29 is 19.1 Å². The molecule has 1 aromatic heterocycles. The second kappa shape index (κ2) is 7.51. The van der Waals surface area contributed by atoms with Crippen molar-refractivity contribution in [1.82, 2.24) is 10.6 Å². The smallest absolute Gasteiger partial charge is 0.260 e. The van der Waals surface area contributed by atoms with Gasteiger partial charge in [0.2, 0.25) is 0 Å². The third-order valence-corrected chi connectivity index (χ3v) is 5.45. The van der Waals surface area contributed by atoms with Crippen molar-refractivity contribution in [2.75, 3.05) is 0 Å². The van der Waals surface area contributed by atoms with Crippen molar-refractivity contribution in [2.24, 2.45) is 0 Å². The molecule has 2 heterocycles. The average Bonchev–Trinajstić information content (AvgIpc) is 3.21. The Morgan fingerprint density at radius 1 is 1.07 bits per heavy atom. The maximum absolute atomic E-state index is 12.4. The molecule has 6 nitrogen and oxygen atoms in total. The Bertz CT molecular complexity index is 1100. The number of hydrogen-bond acceptors (Lipinski definition) is 5. The summed E-state index contributed by atoms with van der Waals surface area (Å²) in [5.41, 5.74) is 3.00. The number of hydrogen-bond donors (Lipinski definition) is 3. The quantitative estimate of drug-likeness (QED) is 0.298. The van der Waals surface area contributed by atoms with Crippen LogP contribution in [0.2, 0.25) is 0 Å². The van der Waals surface area contributed by atoms with Gasteiger partial charge in [-0.15, -0.1) is 0 Å². The Hall–Kier alpha value is -3.07. The van der Waals surface area contributed by atoms with Gasteiger partial charge in [0, 0.05) is 33.0 Å². The lowest BCUT2D eigenvalue weighted by Gasteiger charge is -2.19. The van der Waals surface area contributed by atoms with Gasteiger partial charge in [0.15, 0.2) is 0 Å². The van der Waals surface area contributed by atoms with Gasteiger partial charge >= 0.3 is 0 Å². The van der Waals surface area contributed by atoms with E-state index < -0.39 is 11.8 Å². The normalized spacial score (nSPS) is 14.7. The first-order valence-corrected chi connectivity index (χ1v) is 9.56. The average molecular weight is 486 g/mol. The van der Waals surface area contributed by atoms with E-state index in [4.69, 9.17) is 4.42 Å². The van der Waals surface area contributed by atoms with Crippen molar-refractivity contribution in [3.05, 3.63) is 81.3 Å². The lowest BCUT2D eigenvalue weighted by atomic mass is 9.93. The Balaban J connectivity index is 1.67. The summed E-state index contributed by atoms with van der Waals surface area (Å²) in [4.78, 5) is 24.6. The number of rotatable bonds is 4. The Morgan fingerprint density at radius 2 is 1.93 bits per heavy atom. The number of carbonyl (C=O) groups is 2. The number of phenolic OH excluding ortho intramolecular Hbond substituents is 1. The topological polar surface area (TPSA) is 91.6 Å². The van der Waals surface area contributed by atoms with Gasteiger partial charge < -0.3 is 14.8 Å². The zero-order chi connectivity index (χ0) is 19.7. The molecule has 0 atom stereocenters. The van der Waals surface area contributed by atoms with Gasteiger partial charge in [0.1, 0.15) is 11.5 Å². The zero-order valence-corrected chi connectivity index (χ0v) is 16.7. The first-order chi connectivity index (χ1) is 13.5. The van der Waals surface area contributed by atoms with E-state index in [1.54, 1.807) is 48.9 Å². The summed E-state index contributed by atoms with van der Waals surface area (Å²) in [5, 5.41) is 15.1. The van der Waals surface area contributed by atoms with Crippen molar-refractivity contribution in [3.63, 3.8) is 0 Å².